The van der Waals surface area contributed by atoms with Crippen LogP contribution >= 0.6 is 11.8 Å². The summed E-state index contributed by atoms with van der Waals surface area (Å²) < 4.78 is 0. The molecule has 0 aliphatic heterocycles. The second-order valence-electron chi connectivity index (χ2n) is 3.63. The minimum atomic E-state index is -0.320. The molecule has 1 rings (SSSR count). The Bertz CT molecular complexity index is 478. The molecule has 1 N–H and O–H groups in total. The largest absolute Gasteiger partial charge is 0.410 e. The van der Waals surface area contributed by atoms with Crippen LogP contribution in [0.1, 0.15) is 22.8 Å². The number of carbonyl (C=O) groups excluding carboxylic acids is 1. The molecule has 0 fully saturated rings. The summed E-state index contributed by atoms with van der Waals surface area (Å²) in [7, 11) is 0. The average Bonchev–Trinajstić information content (AvgIpc) is 2.39. The van der Waals surface area contributed by atoms with Gasteiger partial charge in [-0.3, -0.25) is 9.79 Å². The SMILES string of the molecule is CCN=C(SC)/C(=N/O)C(=O)c1ccc(C)cc1. The first-order chi connectivity index (χ1) is 8.63. The molecule has 96 valence electrons. The molecule has 0 aliphatic carbocycles. The summed E-state index contributed by atoms with van der Waals surface area (Å²) >= 11 is 1.29. The van der Waals surface area contributed by atoms with Crippen LogP contribution in [0.4, 0.5) is 0 Å². The molecule has 0 unspecified atom stereocenters. The number of benzene rings is 1. The van der Waals surface area contributed by atoms with Crippen molar-refractivity contribution in [1.29, 1.82) is 0 Å². The van der Waals surface area contributed by atoms with Crippen LogP contribution < -0.4 is 0 Å². The number of hydrogen-bond acceptors (Lipinski definition) is 5. The molecule has 0 saturated carbocycles. The maximum absolute atomic E-state index is 12.2. The van der Waals surface area contributed by atoms with Crippen LogP contribution in [-0.2, 0) is 0 Å². The fourth-order valence-corrected chi connectivity index (χ4v) is 1.99. The van der Waals surface area contributed by atoms with Gasteiger partial charge in [-0.05, 0) is 20.1 Å². The average molecular weight is 264 g/mol. The number of aliphatic imine (C=N–C) groups is 1. The van der Waals surface area contributed by atoms with Gasteiger partial charge in [-0.25, -0.2) is 0 Å². The highest BCUT2D eigenvalue weighted by molar-refractivity contribution is 8.15. The quantitative estimate of drug-likeness (QED) is 0.299. The number of rotatable bonds is 4. The summed E-state index contributed by atoms with van der Waals surface area (Å²) in [6.07, 6.45) is 1.79. The van der Waals surface area contributed by atoms with E-state index in [1.54, 1.807) is 18.4 Å². The van der Waals surface area contributed by atoms with Gasteiger partial charge in [-0.2, -0.15) is 0 Å². The predicted octanol–water partition coefficient (Wildman–Crippen LogP) is 2.79. The molecular weight excluding hydrogens is 248 g/mol. The van der Waals surface area contributed by atoms with E-state index in [1.807, 2.05) is 26.0 Å². The molecule has 0 aromatic heterocycles. The molecule has 0 aliphatic rings. The molecule has 0 spiro atoms. The van der Waals surface area contributed by atoms with Gasteiger partial charge in [-0.1, -0.05) is 35.0 Å². The molecule has 0 bridgehead atoms. The van der Waals surface area contributed by atoms with E-state index in [0.717, 1.165) is 5.56 Å². The molecule has 0 amide bonds. The second-order valence-corrected chi connectivity index (χ2v) is 4.42. The number of ketones is 1. The van der Waals surface area contributed by atoms with Crippen LogP contribution in [0, 0.1) is 6.92 Å². The Hall–Kier alpha value is -1.62. The smallest absolute Gasteiger partial charge is 0.217 e. The number of carbonyl (C=O) groups is 1. The number of Topliss-reactive ketones (excluding diaryl/α,β-unsaturated/α-hetero) is 1. The van der Waals surface area contributed by atoms with Crippen LogP contribution in [-0.4, -0.2) is 34.5 Å². The number of hydrogen-bond donors (Lipinski definition) is 1. The van der Waals surface area contributed by atoms with Gasteiger partial charge >= 0.3 is 0 Å². The van der Waals surface area contributed by atoms with Crippen molar-refractivity contribution in [1.82, 2.24) is 0 Å². The summed E-state index contributed by atoms with van der Waals surface area (Å²) in [6, 6.07) is 7.12. The normalized spacial score (nSPS) is 12.6. The van der Waals surface area contributed by atoms with Crippen LogP contribution in [0.15, 0.2) is 34.4 Å². The van der Waals surface area contributed by atoms with Crippen LogP contribution in [0.5, 0.6) is 0 Å². The van der Waals surface area contributed by atoms with Gasteiger partial charge in [0.1, 0.15) is 5.04 Å². The van der Waals surface area contributed by atoms with Crippen molar-refractivity contribution >= 4 is 28.3 Å². The number of aryl methyl sites for hydroxylation is 1. The lowest BCUT2D eigenvalue weighted by Crippen LogP contribution is -2.22. The Kier molecular flexibility index (Phi) is 5.58. The van der Waals surface area contributed by atoms with E-state index in [-0.39, 0.29) is 11.5 Å². The maximum Gasteiger partial charge on any atom is 0.217 e. The molecule has 0 saturated heterocycles. The third kappa shape index (κ3) is 3.43. The third-order valence-corrected chi connectivity index (χ3v) is 3.04. The van der Waals surface area contributed by atoms with E-state index < -0.39 is 0 Å². The Balaban J connectivity index is 3.07. The van der Waals surface area contributed by atoms with Gasteiger partial charge in [0.15, 0.2) is 5.71 Å². The monoisotopic (exact) mass is 264 g/mol. The fraction of sp³-hybridized carbons (Fsp3) is 0.308. The minimum absolute atomic E-state index is 0.00629. The maximum atomic E-state index is 12.2. The topological polar surface area (TPSA) is 62.0 Å². The van der Waals surface area contributed by atoms with Gasteiger partial charge in [0.25, 0.3) is 0 Å². The third-order valence-electron chi connectivity index (χ3n) is 2.33. The molecule has 1 aromatic carbocycles. The van der Waals surface area contributed by atoms with Gasteiger partial charge in [0.2, 0.25) is 5.78 Å². The zero-order valence-corrected chi connectivity index (χ0v) is 11.5. The highest BCUT2D eigenvalue weighted by Gasteiger charge is 2.19. The highest BCUT2D eigenvalue weighted by atomic mass is 32.2. The zero-order valence-electron chi connectivity index (χ0n) is 10.7. The fourth-order valence-electron chi connectivity index (χ4n) is 1.41. The van der Waals surface area contributed by atoms with Gasteiger partial charge < -0.3 is 5.21 Å². The van der Waals surface area contributed by atoms with Gasteiger partial charge in [0.05, 0.1) is 0 Å². The van der Waals surface area contributed by atoms with Crippen molar-refractivity contribution in [3.8, 4) is 0 Å². The van der Waals surface area contributed by atoms with Crippen LogP contribution in [0.25, 0.3) is 0 Å². The first-order valence-corrected chi connectivity index (χ1v) is 6.78. The molecule has 0 heterocycles. The number of thioether (sulfide) groups is 1. The predicted molar refractivity (Wildman–Crippen MR) is 76.2 cm³/mol. The van der Waals surface area contributed by atoms with Crippen molar-refractivity contribution < 1.29 is 10.0 Å². The molecule has 0 atom stereocenters. The summed E-state index contributed by atoms with van der Waals surface area (Å²) in [4.78, 5) is 16.3. The highest BCUT2D eigenvalue weighted by Crippen LogP contribution is 2.10. The Labute approximate surface area is 111 Å². The molecule has 0 radical (unpaired) electrons. The van der Waals surface area contributed by atoms with Crippen LogP contribution in [0.2, 0.25) is 0 Å². The van der Waals surface area contributed by atoms with Gasteiger partial charge in [-0.15, -0.1) is 11.8 Å². The van der Waals surface area contributed by atoms with Crippen molar-refractivity contribution in [2.24, 2.45) is 10.1 Å². The molecule has 4 nitrogen and oxygen atoms in total. The van der Waals surface area contributed by atoms with E-state index in [2.05, 4.69) is 10.1 Å². The van der Waals surface area contributed by atoms with Crippen molar-refractivity contribution in [2.45, 2.75) is 13.8 Å². The minimum Gasteiger partial charge on any atom is -0.410 e. The Morgan fingerprint density at radius 2 is 1.94 bits per heavy atom. The van der Waals surface area contributed by atoms with Crippen molar-refractivity contribution in [3.63, 3.8) is 0 Å². The summed E-state index contributed by atoms with van der Waals surface area (Å²) in [5.41, 5.74) is 1.56. The zero-order chi connectivity index (χ0) is 13.5. The van der Waals surface area contributed by atoms with E-state index in [1.165, 1.54) is 11.8 Å². The Morgan fingerprint density at radius 1 is 1.33 bits per heavy atom. The van der Waals surface area contributed by atoms with E-state index >= 15 is 0 Å². The lowest BCUT2D eigenvalue weighted by atomic mass is 10.1. The molecule has 1 aromatic rings. The van der Waals surface area contributed by atoms with E-state index in [4.69, 9.17) is 5.21 Å². The van der Waals surface area contributed by atoms with E-state index in [0.29, 0.717) is 17.2 Å². The molecule has 18 heavy (non-hydrogen) atoms. The Morgan fingerprint density at radius 3 is 2.39 bits per heavy atom. The van der Waals surface area contributed by atoms with Gasteiger partial charge in [0, 0.05) is 12.1 Å². The van der Waals surface area contributed by atoms with Crippen LogP contribution in [0.3, 0.4) is 0 Å². The number of oxime groups is 1. The second kappa shape index (κ2) is 6.96. The molecule has 5 heteroatoms. The summed E-state index contributed by atoms with van der Waals surface area (Å²) in [5.74, 6) is -0.320. The summed E-state index contributed by atoms with van der Waals surface area (Å²) in [6.45, 7) is 4.35. The van der Waals surface area contributed by atoms with Crippen molar-refractivity contribution in [3.05, 3.63) is 35.4 Å². The van der Waals surface area contributed by atoms with Crippen molar-refractivity contribution in [2.75, 3.05) is 12.8 Å². The first-order valence-electron chi connectivity index (χ1n) is 5.56. The first kappa shape index (κ1) is 14.4. The molecular formula is C13H16N2O2S. The summed E-state index contributed by atoms with van der Waals surface area (Å²) in [5, 5.41) is 12.6. The lowest BCUT2D eigenvalue weighted by molar-refractivity contribution is 0.106. The van der Waals surface area contributed by atoms with E-state index in [9.17, 15) is 4.79 Å². The lowest BCUT2D eigenvalue weighted by Gasteiger charge is -2.05. The standard InChI is InChI=1S/C13H16N2O2S/c1-4-14-13(18-3)11(15-17)12(16)10-7-5-9(2)6-8-10/h5-8,17H,4H2,1-3H3/b14-13?,15-11+. The number of nitrogens with zero attached hydrogens (tertiary/aromatic N) is 2.